The third-order valence-corrected chi connectivity index (χ3v) is 1.01. The predicted octanol–water partition coefficient (Wildman–Crippen LogP) is -2.73. The summed E-state index contributed by atoms with van der Waals surface area (Å²) in [5.41, 5.74) is 0. The molecule has 0 aromatic rings. The van der Waals surface area contributed by atoms with Crippen molar-refractivity contribution in [1.82, 2.24) is 0 Å². The molecule has 0 aliphatic heterocycles. The topological polar surface area (TPSA) is 139 Å². The van der Waals surface area contributed by atoms with Crippen molar-refractivity contribution in [3.8, 4) is 0 Å². The van der Waals surface area contributed by atoms with Crippen molar-refractivity contribution in [3.63, 3.8) is 0 Å². The summed E-state index contributed by atoms with van der Waals surface area (Å²) in [5, 5.41) is 9.10. The van der Waals surface area contributed by atoms with Gasteiger partial charge in [-0.3, -0.25) is 4.55 Å². The van der Waals surface area contributed by atoms with Crippen molar-refractivity contribution in [3.05, 3.63) is 0 Å². The van der Waals surface area contributed by atoms with Gasteiger partial charge in [-0.05, 0) is 0 Å². The molecule has 0 aromatic carbocycles. The maximum absolute atomic E-state index is 9.79. The number of hydrogen-bond acceptors (Lipinski definition) is 8. The van der Waals surface area contributed by atoms with Gasteiger partial charge in [-0.1, -0.05) is 8.67 Å². The van der Waals surface area contributed by atoms with E-state index in [4.69, 9.17) is 9.81 Å². The van der Waals surface area contributed by atoms with Crippen molar-refractivity contribution >= 4 is 20.8 Å². The second kappa shape index (κ2) is 3.40. The number of rotatable bonds is 4. The highest BCUT2D eigenvalue weighted by atomic mass is 32.3. The fraction of sp³-hybridized carbons (Fsp3) is 0. The van der Waals surface area contributed by atoms with E-state index in [1.807, 2.05) is 0 Å². The van der Waals surface area contributed by atoms with E-state index in [2.05, 4.69) is 13.0 Å². The molecule has 0 aromatic heterocycles. The van der Waals surface area contributed by atoms with Gasteiger partial charge in [0.05, 0.1) is 0 Å². The molecule has 11 heteroatoms. The van der Waals surface area contributed by atoms with E-state index in [0.29, 0.717) is 0 Å². The average Bonchev–Trinajstić information content (AvgIpc) is 1.83. The second-order valence-corrected chi connectivity index (χ2v) is 3.12. The molecule has 0 unspecified atom stereocenters. The summed E-state index contributed by atoms with van der Waals surface area (Å²) in [6.07, 6.45) is 0. The van der Waals surface area contributed by atoms with Crippen LogP contribution in [-0.4, -0.2) is 21.4 Å². The van der Waals surface area contributed by atoms with Gasteiger partial charge >= 0.3 is 20.8 Å². The maximum atomic E-state index is 9.79. The van der Waals surface area contributed by atoms with E-state index in [0.717, 1.165) is 0 Å². The fourth-order valence-corrected chi connectivity index (χ4v) is 0.656. The standard InChI is InChI=1S/H2O9S2/c1-7-11(5,6)9-8-10(2,3)4/h1H,(H,2,3,4)/p-1. The zero-order chi connectivity index (χ0) is 9.12. The molecule has 0 fully saturated rings. The molecular weight excluding hydrogens is 208 g/mol. The monoisotopic (exact) mass is 209 g/mol. The lowest BCUT2D eigenvalue weighted by Gasteiger charge is -2.03. The molecule has 0 saturated heterocycles. The SMILES string of the molecule is O=S(=O)(O)OOS(=O)(=O)O[O-]. The molecule has 0 heterocycles. The Hall–Kier alpha value is -0.300. The lowest BCUT2D eigenvalue weighted by atomic mass is 14.9. The molecule has 0 radical (unpaired) electrons. The highest BCUT2D eigenvalue weighted by Crippen LogP contribution is 1.95. The fourth-order valence-electron chi connectivity index (χ4n) is 0.0805. The van der Waals surface area contributed by atoms with E-state index < -0.39 is 20.8 Å². The summed E-state index contributed by atoms with van der Waals surface area (Å²) in [6.45, 7) is 0. The molecule has 68 valence electrons. The van der Waals surface area contributed by atoms with E-state index in [9.17, 15) is 16.8 Å². The predicted molar refractivity (Wildman–Crippen MR) is 23.7 cm³/mol. The Morgan fingerprint density at radius 1 is 1.09 bits per heavy atom. The Kier molecular flexibility index (Phi) is 3.30. The summed E-state index contributed by atoms with van der Waals surface area (Å²) in [6, 6.07) is 0. The summed E-state index contributed by atoms with van der Waals surface area (Å²) < 4.78 is 54.4. The van der Waals surface area contributed by atoms with Gasteiger partial charge < -0.3 is 9.59 Å². The van der Waals surface area contributed by atoms with Gasteiger partial charge in [-0.2, -0.15) is 16.8 Å². The Morgan fingerprint density at radius 3 is 1.82 bits per heavy atom. The van der Waals surface area contributed by atoms with E-state index in [-0.39, 0.29) is 0 Å². The Morgan fingerprint density at radius 2 is 1.55 bits per heavy atom. The van der Waals surface area contributed by atoms with Gasteiger partial charge in [0.15, 0.2) is 0 Å². The first-order valence-electron chi connectivity index (χ1n) is 1.68. The van der Waals surface area contributed by atoms with E-state index in [1.54, 1.807) is 0 Å². The zero-order valence-electron chi connectivity index (χ0n) is 4.53. The van der Waals surface area contributed by atoms with Crippen LogP contribution in [0.1, 0.15) is 0 Å². The van der Waals surface area contributed by atoms with Crippen LogP contribution in [0.5, 0.6) is 0 Å². The van der Waals surface area contributed by atoms with Gasteiger partial charge in [-0.25, -0.2) is 0 Å². The smallest absolute Gasteiger partial charge is 0.425 e. The molecule has 0 aliphatic rings. The first-order valence-corrected chi connectivity index (χ1v) is 4.38. The van der Waals surface area contributed by atoms with Crippen LogP contribution in [0, 0.1) is 0 Å². The minimum Gasteiger partial charge on any atom is -0.705 e. The highest BCUT2D eigenvalue weighted by Gasteiger charge is 2.14. The van der Waals surface area contributed by atoms with Crippen LogP contribution in [0.2, 0.25) is 0 Å². The Balaban J connectivity index is 4.13. The van der Waals surface area contributed by atoms with Crippen molar-refractivity contribution in [2.24, 2.45) is 0 Å². The van der Waals surface area contributed by atoms with Crippen molar-refractivity contribution < 1.29 is 39.6 Å². The van der Waals surface area contributed by atoms with Gasteiger partial charge in [-0.15, -0.1) is 0 Å². The van der Waals surface area contributed by atoms with Crippen LogP contribution in [-0.2, 0) is 33.8 Å². The average molecular weight is 209 g/mol. The van der Waals surface area contributed by atoms with Crippen molar-refractivity contribution in [2.75, 3.05) is 0 Å². The van der Waals surface area contributed by atoms with Gasteiger partial charge in [0.25, 0.3) is 0 Å². The van der Waals surface area contributed by atoms with Crippen LogP contribution in [0.3, 0.4) is 0 Å². The number of hydrogen-bond donors (Lipinski definition) is 1. The third kappa shape index (κ3) is 6.11. The quantitative estimate of drug-likeness (QED) is 0.297. The molecule has 9 nitrogen and oxygen atoms in total. The van der Waals surface area contributed by atoms with Gasteiger partial charge in [0.1, 0.15) is 0 Å². The van der Waals surface area contributed by atoms with E-state index in [1.165, 1.54) is 0 Å². The van der Waals surface area contributed by atoms with Crippen LogP contribution in [0.4, 0.5) is 0 Å². The zero-order valence-corrected chi connectivity index (χ0v) is 6.16. The van der Waals surface area contributed by atoms with Crippen molar-refractivity contribution in [1.29, 1.82) is 0 Å². The summed E-state index contributed by atoms with van der Waals surface area (Å²) in [5.74, 6) is 0. The minimum atomic E-state index is -5.09. The van der Waals surface area contributed by atoms with Crippen LogP contribution < -0.4 is 5.26 Å². The molecule has 0 saturated carbocycles. The van der Waals surface area contributed by atoms with Crippen LogP contribution in [0.15, 0.2) is 0 Å². The molecule has 0 bridgehead atoms. The molecular formula is HO9S2-. The van der Waals surface area contributed by atoms with Crippen LogP contribution in [0.25, 0.3) is 0 Å². The molecule has 11 heavy (non-hydrogen) atoms. The molecule has 0 aliphatic carbocycles. The summed E-state index contributed by atoms with van der Waals surface area (Å²) >= 11 is 0. The molecule has 0 amide bonds. The Bertz CT molecular complexity index is 288. The molecule has 0 atom stereocenters. The van der Waals surface area contributed by atoms with Crippen LogP contribution >= 0.6 is 0 Å². The third-order valence-electron chi connectivity index (χ3n) is 0.280. The largest absolute Gasteiger partial charge is 0.705 e. The lowest BCUT2D eigenvalue weighted by molar-refractivity contribution is -0.638. The molecule has 0 spiro atoms. The lowest BCUT2D eigenvalue weighted by Crippen LogP contribution is -2.19. The highest BCUT2D eigenvalue weighted by molar-refractivity contribution is 7.83. The first kappa shape index (κ1) is 10.7. The second-order valence-electron chi connectivity index (χ2n) is 1.04. The van der Waals surface area contributed by atoms with Gasteiger partial charge in [0, 0.05) is 0 Å². The van der Waals surface area contributed by atoms with Gasteiger partial charge in [0.2, 0.25) is 0 Å². The molecule has 0 rings (SSSR count). The maximum Gasteiger partial charge on any atom is 0.425 e. The first-order chi connectivity index (χ1) is 4.77. The normalized spacial score (nSPS) is 13.3. The molecule has 1 N–H and O–H groups in total. The minimum absolute atomic E-state index is 2.33. The van der Waals surface area contributed by atoms with E-state index >= 15 is 0 Å². The van der Waals surface area contributed by atoms with Crippen molar-refractivity contribution in [2.45, 2.75) is 0 Å². The summed E-state index contributed by atoms with van der Waals surface area (Å²) in [4.78, 5) is 0. The summed E-state index contributed by atoms with van der Waals surface area (Å²) in [7, 11) is -10.2. The Labute approximate surface area is 61.2 Å².